The first-order chi connectivity index (χ1) is 6.84. The first-order valence-electron chi connectivity index (χ1n) is 5.13. The van der Waals surface area contributed by atoms with E-state index in [9.17, 15) is 4.39 Å². The van der Waals surface area contributed by atoms with E-state index >= 15 is 0 Å². The monoisotopic (exact) mass is 195 g/mol. The molecule has 1 saturated carbocycles. The fourth-order valence-corrected chi connectivity index (χ4v) is 1.83. The van der Waals surface area contributed by atoms with Gasteiger partial charge in [0.25, 0.3) is 0 Å². The largest absolute Gasteiger partial charge is 0.490 e. The zero-order valence-corrected chi connectivity index (χ0v) is 8.08. The minimum absolute atomic E-state index is 0.269. The molecule has 0 spiro atoms. The molecule has 3 heteroatoms. The van der Waals surface area contributed by atoms with E-state index in [1.165, 1.54) is 31.5 Å². The highest BCUT2D eigenvalue weighted by molar-refractivity contribution is 5.18. The van der Waals surface area contributed by atoms with Gasteiger partial charge in [0.2, 0.25) is 5.95 Å². The Balaban J connectivity index is 1.95. The molecule has 0 atom stereocenters. The van der Waals surface area contributed by atoms with Gasteiger partial charge in [-0.3, -0.25) is 0 Å². The Labute approximate surface area is 83.1 Å². The highest BCUT2D eigenvalue weighted by Gasteiger charge is 2.14. The van der Waals surface area contributed by atoms with Crippen LogP contribution < -0.4 is 4.74 Å². The summed E-state index contributed by atoms with van der Waals surface area (Å²) < 4.78 is 18.4. The van der Waals surface area contributed by atoms with Crippen LogP contribution in [-0.2, 0) is 0 Å². The molecule has 0 aliphatic heterocycles. The zero-order valence-electron chi connectivity index (χ0n) is 8.08. The lowest BCUT2D eigenvalue weighted by atomic mass is 9.98. The van der Waals surface area contributed by atoms with Crippen LogP contribution in [0.5, 0.6) is 5.75 Å². The van der Waals surface area contributed by atoms with Crippen LogP contribution in [0.25, 0.3) is 0 Å². The SMILES string of the molecule is Fc1cc(OC2CCCCC2)ccn1. The lowest BCUT2D eigenvalue weighted by Gasteiger charge is -2.22. The Morgan fingerprint density at radius 2 is 2.07 bits per heavy atom. The highest BCUT2D eigenvalue weighted by Crippen LogP contribution is 2.23. The maximum absolute atomic E-state index is 12.7. The van der Waals surface area contributed by atoms with Gasteiger partial charge in [-0.25, -0.2) is 4.98 Å². The van der Waals surface area contributed by atoms with Crippen molar-refractivity contribution in [3.63, 3.8) is 0 Å². The van der Waals surface area contributed by atoms with Crippen molar-refractivity contribution in [3.05, 3.63) is 24.3 Å². The number of hydrogen-bond acceptors (Lipinski definition) is 2. The number of halogens is 1. The Morgan fingerprint density at radius 3 is 2.79 bits per heavy atom. The van der Waals surface area contributed by atoms with Gasteiger partial charge in [-0.2, -0.15) is 4.39 Å². The first-order valence-corrected chi connectivity index (χ1v) is 5.13. The van der Waals surface area contributed by atoms with Crippen molar-refractivity contribution >= 4 is 0 Å². The van der Waals surface area contributed by atoms with Crippen LogP contribution in [-0.4, -0.2) is 11.1 Å². The molecule has 1 aromatic heterocycles. The van der Waals surface area contributed by atoms with Crippen molar-refractivity contribution in [1.29, 1.82) is 0 Å². The summed E-state index contributed by atoms with van der Waals surface area (Å²) in [6.45, 7) is 0. The third kappa shape index (κ3) is 2.44. The van der Waals surface area contributed by atoms with E-state index in [0.717, 1.165) is 12.8 Å². The second-order valence-electron chi connectivity index (χ2n) is 3.69. The summed E-state index contributed by atoms with van der Waals surface area (Å²) in [6, 6.07) is 3.05. The molecular weight excluding hydrogens is 181 g/mol. The average Bonchev–Trinajstić information content (AvgIpc) is 2.19. The van der Waals surface area contributed by atoms with Gasteiger partial charge < -0.3 is 4.74 Å². The van der Waals surface area contributed by atoms with Crippen molar-refractivity contribution in [1.82, 2.24) is 4.98 Å². The molecular formula is C11H14FNO. The van der Waals surface area contributed by atoms with Crippen molar-refractivity contribution in [3.8, 4) is 5.75 Å². The van der Waals surface area contributed by atoms with E-state index in [0.29, 0.717) is 5.75 Å². The molecule has 0 N–H and O–H groups in total. The highest BCUT2D eigenvalue weighted by atomic mass is 19.1. The fourth-order valence-electron chi connectivity index (χ4n) is 1.83. The smallest absolute Gasteiger partial charge is 0.216 e. The Kier molecular flexibility index (Phi) is 2.96. The number of ether oxygens (including phenoxy) is 1. The topological polar surface area (TPSA) is 22.1 Å². The van der Waals surface area contributed by atoms with E-state index in [1.54, 1.807) is 6.07 Å². The van der Waals surface area contributed by atoms with Crippen LogP contribution in [0.2, 0.25) is 0 Å². The molecule has 0 saturated heterocycles. The quantitative estimate of drug-likeness (QED) is 0.677. The zero-order chi connectivity index (χ0) is 9.80. The van der Waals surface area contributed by atoms with Crippen LogP contribution in [0.15, 0.2) is 18.3 Å². The lowest BCUT2D eigenvalue weighted by Crippen LogP contribution is -2.19. The summed E-state index contributed by atoms with van der Waals surface area (Å²) in [5, 5.41) is 0. The molecule has 1 aromatic rings. The maximum Gasteiger partial charge on any atom is 0.216 e. The van der Waals surface area contributed by atoms with Crippen LogP contribution in [0, 0.1) is 5.95 Å². The van der Waals surface area contributed by atoms with Gasteiger partial charge in [-0.05, 0) is 31.7 Å². The van der Waals surface area contributed by atoms with Crippen LogP contribution in [0.1, 0.15) is 32.1 Å². The predicted octanol–water partition coefficient (Wildman–Crippen LogP) is 2.93. The summed E-state index contributed by atoms with van der Waals surface area (Å²) in [4.78, 5) is 3.49. The predicted molar refractivity (Wildman–Crippen MR) is 51.7 cm³/mol. The molecule has 14 heavy (non-hydrogen) atoms. The van der Waals surface area contributed by atoms with Crippen molar-refractivity contribution < 1.29 is 9.13 Å². The van der Waals surface area contributed by atoms with Gasteiger partial charge in [0.05, 0.1) is 6.10 Å². The molecule has 76 valence electrons. The fraction of sp³-hybridized carbons (Fsp3) is 0.545. The van der Waals surface area contributed by atoms with Gasteiger partial charge in [-0.15, -0.1) is 0 Å². The van der Waals surface area contributed by atoms with Crippen LogP contribution >= 0.6 is 0 Å². The van der Waals surface area contributed by atoms with Crippen molar-refractivity contribution in [2.45, 2.75) is 38.2 Å². The van der Waals surface area contributed by atoms with Crippen LogP contribution in [0.3, 0.4) is 0 Å². The standard InChI is InChI=1S/C11H14FNO/c12-11-8-10(6-7-13-11)14-9-4-2-1-3-5-9/h6-9H,1-5H2. The van der Waals surface area contributed by atoms with E-state index in [2.05, 4.69) is 4.98 Å². The van der Waals surface area contributed by atoms with E-state index in [-0.39, 0.29) is 6.10 Å². The number of hydrogen-bond donors (Lipinski definition) is 0. The summed E-state index contributed by atoms with van der Waals surface area (Å²) >= 11 is 0. The molecule has 0 radical (unpaired) electrons. The first kappa shape index (κ1) is 9.44. The summed E-state index contributed by atoms with van der Waals surface area (Å²) in [6.07, 6.45) is 7.62. The third-order valence-corrected chi connectivity index (χ3v) is 2.55. The van der Waals surface area contributed by atoms with Crippen molar-refractivity contribution in [2.75, 3.05) is 0 Å². The summed E-state index contributed by atoms with van der Waals surface area (Å²) in [5.41, 5.74) is 0. The molecule has 1 aliphatic rings. The van der Waals surface area contributed by atoms with Gasteiger partial charge >= 0.3 is 0 Å². The Morgan fingerprint density at radius 1 is 1.29 bits per heavy atom. The molecule has 1 heterocycles. The molecule has 0 amide bonds. The third-order valence-electron chi connectivity index (χ3n) is 2.55. The minimum Gasteiger partial charge on any atom is -0.490 e. The van der Waals surface area contributed by atoms with E-state index in [4.69, 9.17) is 4.74 Å². The molecule has 1 aliphatic carbocycles. The molecule has 0 unspecified atom stereocenters. The second kappa shape index (κ2) is 4.40. The van der Waals surface area contributed by atoms with E-state index < -0.39 is 5.95 Å². The molecule has 0 bridgehead atoms. The summed E-state index contributed by atoms with van der Waals surface area (Å²) in [7, 11) is 0. The number of pyridine rings is 1. The normalized spacial score (nSPS) is 18.1. The van der Waals surface area contributed by atoms with Crippen LogP contribution in [0.4, 0.5) is 4.39 Å². The second-order valence-corrected chi connectivity index (χ2v) is 3.69. The molecule has 2 rings (SSSR count). The number of rotatable bonds is 2. The molecule has 1 fully saturated rings. The average molecular weight is 195 g/mol. The van der Waals surface area contributed by atoms with E-state index in [1.807, 2.05) is 0 Å². The minimum atomic E-state index is -0.474. The summed E-state index contributed by atoms with van der Waals surface area (Å²) in [5.74, 6) is 0.128. The maximum atomic E-state index is 12.7. The van der Waals surface area contributed by atoms with Gasteiger partial charge in [-0.1, -0.05) is 6.42 Å². The van der Waals surface area contributed by atoms with Gasteiger partial charge in [0.15, 0.2) is 0 Å². The van der Waals surface area contributed by atoms with Gasteiger partial charge in [0.1, 0.15) is 5.75 Å². The lowest BCUT2D eigenvalue weighted by molar-refractivity contribution is 0.154. The number of aromatic nitrogens is 1. The van der Waals surface area contributed by atoms with Gasteiger partial charge in [0, 0.05) is 12.3 Å². The number of nitrogens with zero attached hydrogens (tertiary/aromatic N) is 1. The van der Waals surface area contributed by atoms with Crippen molar-refractivity contribution in [2.24, 2.45) is 0 Å². The Bertz CT molecular complexity index is 297. The Hall–Kier alpha value is -1.12. The molecule has 0 aromatic carbocycles. The molecule has 2 nitrogen and oxygen atoms in total.